The third kappa shape index (κ3) is 2.85. The fourth-order valence-electron chi connectivity index (χ4n) is 3.42. The van der Waals surface area contributed by atoms with E-state index in [0.717, 1.165) is 30.5 Å². The lowest BCUT2D eigenvalue weighted by Crippen LogP contribution is -2.53. The van der Waals surface area contributed by atoms with Gasteiger partial charge in [0.05, 0.1) is 0 Å². The van der Waals surface area contributed by atoms with Gasteiger partial charge in [0.25, 0.3) is 0 Å². The highest BCUT2D eigenvalue weighted by Gasteiger charge is 2.47. The maximum atomic E-state index is 3.64. The van der Waals surface area contributed by atoms with Gasteiger partial charge in [0.15, 0.2) is 0 Å². The third-order valence-electron chi connectivity index (χ3n) is 5.34. The zero-order chi connectivity index (χ0) is 12.6. The van der Waals surface area contributed by atoms with Gasteiger partial charge in [-0.2, -0.15) is 0 Å². The molecule has 1 heterocycles. The molecule has 0 aromatic carbocycles. The second kappa shape index (κ2) is 4.89. The van der Waals surface area contributed by atoms with E-state index in [1.165, 1.54) is 25.9 Å². The van der Waals surface area contributed by atoms with Crippen LogP contribution in [0.5, 0.6) is 0 Å². The van der Waals surface area contributed by atoms with E-state index in [1.54, 1.807) is 0 Å². The van der Waals surface area contributed by atoms with Gasteiger partial charge in [-0.1, -0.05) is 27.7 Å². The van der Waals surface area contributed by atoms with Gasteiger partial charge in [0.2, 0.25) is 0 Å². The second-order valence-corrected chi connectivity index (χ2v) is 6.94. The Morgan fingerprint density at radius 2 is 1.94 bits per heavy atom. The van der Waals surface area contributed by atoms with Crippen molar-refractivity contribution in [2.45, 2.75) is 59.5 Å². The summed E-state index contributed by atoms with van der Waals surface area (Å²) in [6, 6.07) is 1.47. The first-order valence-corrected chi connectivity index (χ1v) is 7.43. The molecule has 2 aliphatic rings. The molecule has 2 nitrogen and oxygen atoms in total. The van der Waals surface area contributed by atoms with Gasteiger partial charge < -0.3 is 5.32 Å². The molecular formula is C15H30N2. The molecule has 2 heteroatoms. The minimum Gasteiger partial charge on any atom is -0.314 e. The normalized spacial score (nSPS) is 41.5. The summed E-state index contributed by atoms with van der Waals surface area (Å²) in [5, 5.41) is 3.64. The van der Waals surface area contributed by atoms with Crippen LogP contribution in [0.2, 0.25) is 0 Å². The lowest BCUT2D eigenvalue weighted by Gasteiger charge is -2.43. The minimum atomic E-state index is 0.626. The number of rotatable bonds is 4. The molecule has 17 heavy (non-hydrogen) atoms. The summed E-state index contributed by atoms with van der Waals surface area (Å²) >= 11 is 0. The molecule has 2 fully saturated rings. The molecular weight excluding hydrogens is 208 g/mol. The monoisotopic (exact) mass is 238 g/mol. The summed E-state index contributed by atoms with van der Waals surface area (Å²) in [6.45, 7) is 15.6. The largest absolute Gasteiger partial charge is 0.314 e. The van der Waals surface area contributed by atoms with Crippen molar-refractivity contribution < 1.29 is 0 Å². The molecule has 0 aromatic rings. The molecule has 1 N–H and O–H groups in total. The first-order chi connectivity index (χ1) is 7.95. The predicted octanol–water partition coefficient (Wildman–Crippen LogP) is 2.74. The van der Waals surface area contributed by atoms with Crippen molar-refractivity contribution in [1.82, 2.24) is 10.2 Å². The van der Waals surface area contributed by atoms with Crippen molar-refractivity contribution >= 4 is 0 Å². The Balaban J connectivity index is 1.85. The highest BCUT2D eigenvalue weighted by molar-refractivity contribution is 4.99. The van der Waals surface area contributed by atoms with E-state index in [1.807, 2.05) is 0 Å². The molecule has 0 aromatic heterocycles. The molecule has 1 aliphatic heterocycles. The summed E-state index contributed by atoms with van der Waals surface area (Å²) in [6.07, 6.45) is 2.76. The van der Waals surface area contributed by atoms with Crippen LogP contribution in [0.25, 0.3) is 0 Å². The van der Waals surface area contributed by atoms with E-state index >= 15 is 0 Å². The lowest BCUT2D eigenvalue weighted by molar-refractivity contribution is 0.0782. The van der Waals surface area contributed by atoms with Crippen LogP contribution in [-0.4, -0.2) is 36.6 Å². The van der Waals surface area contributed by atoms with Crippen molar-refractivity contribution in [3.05, 3.63) is 0 Å². The smallest absolute Gasteiger partial charge is 0.0120 e. The number of nitrogens with zero attached hydrogens (tertiary/aromatic N) is 1. The number of hydrogen-bond acceptors (Lipinski definition) is 2. The summed E-state index contributed by atoms with van der Waals surface area (Å²) in [5.74, 6) is 1.73. The molecule has 100 valence electrons. The van der Waals surface area contributed by atoms with Gasteiger partial charge in [-0.15, -0.1) is 0 Å². The van der Waals surface area contributed by atoms with Crippen molar-refractivity contribution in [2.24, 2.45) is 17.3 Å². The van der Waals surface area contributed by atoms with Crippen LogP contribution in [0.1, 0.15) is 47.5 Å². The van der Waals surface area contributed by atoms with E-state index in [4.69, 9.17) is 0 Å². The van der Waals surface area contributed by atoms with E-state index < -0.39 is 0 Å². The SMILES string of the molecule is CCNC1CCN(CC2CC2(C)C)C(C)C1C. The quantitative estimate of drug-likeness (QED) is 0.810. The molecule has 0 radical (unpaired) electrons. The van der Waals surface area contributed by atoms with Crippen molar-refractivity contribution in [3.63, 3.8) is 0 Å². The third-order valence-corrected chi connectivity index (χ3v) is 5.34. The zero-order valence-electron chi connectivity index (χ0n) is 12.3. The fraction of sp³-hybridized carbons (Fsp3) is 1.00. The molecule has 1 saturated carbocycles. The highest BCUT2D eigenvalue weighted by Crippen LogP contribution is 2.52. The molecule has 4 unspecified atom stereocenters. The van der Waals surface area contributed by atoms with Crippen LogP contribution < -0.4 is 5.32 Å². The molecule has 2 rings (SSSR count). The average Bonchev–Trinajstić information content (AvgIpc) is 2.86. The summed E-state index contributed by atoms with van der Waals surface area (Å²) in [5.41, 5.74) is 0.626. The van der Waals surface area contributed by atoms with Gasteiger partial charge in [-0.3, -0.25) is 4.90 Å². The Hall–Kier alpha value is -0.0800. The van der Waals surface area contributed by atoms with Crippen molar-refractivity contribution in [3.8, 4) is 0 Å². The van der Waals surface area contributed by atoms with Crippen molar-refractivity contribution in [1.29, 1.82) is 0 Å². The Kier molecular flexibility index (Phi) is 3.84. The van der Waals surface area contributed by atoms with Crippen LogP contribution >= 0.6 is 0 Å². The molecule has 4 atom stereocenters. The standard InChI is InChI=1S/C15H30N2/c1-6-16-14-7-8-17(12(3)11(14)2)10-13-9-15(13,4)5/h11-14,16H,6-10H2,1-5H3. The predicted molar refractivity (Wildman–Crippen MR) is 74.2 cm³/mol. The van der Waals surface area contributed by atoms with E-state index in [9.17, 15) is 0 Å². The Labute approximate surface area is 107 Å². The molecule has 0 bridgehead atoms. The molecule has 0 spiro atoms. The number of nitrogens with one attached hydrogen (secondary N) is 1. The number of piperidine rings is 1. The summed E-state index contributed by atoms with van der Waals surface area (Å²) in [4.78, 5) is 2.73. The number of hydrogen-bond donors (Lipinski definition) is 1. The fourth-order valence-corrected chi connectivity index (χ4v) is 3.42. The van der Waals surface area contributed by atoms with Crippen molar-refractivity contribution in [2.75, 3.05) is 19.6 Å². The van der Waals surface area contributed by atoms with Gasteiger partial charge in [-0.25, -0.2) is 0 Å². The summed E-state index contributed by atoms with van der Waals surface area (Å²) in [7, 11) is 0. The maximum Gasteiger partial charge on any atom is 0.0120 e. The van der Waals surface area contributed by atoms with Gasteiger partial charge in [0.1, 0.15) is 0 Å². The Morgan fingerprint density at radius 1 is 1.29 bits per heavy atom. The Bertz CT molecular complexity index is 262. The van der Waals surface area contributed by atoms with Crippen LogP contribution in [0.4, 0.5) is 0 Å². The topological polar surface area (TPSA) is 15.3 Å². The Morgan fingerprint density at radius 3 is 2.47 bits per heavy atom. The maximum absolute atomic E-state index is 3.64. The van der Waals surface area contributed by atoms with E-state index in [0.29, 0.717) is 5.41 Å². The van der Waals surface area contributed by atoms with Crippen LogP contribution in [-0.2, 0) is 0 Å². The molecule has 1 aliphatic carbocycles. The van der Waals surface area contributed by atoms with Crippen LogP contribution in [0.3, 0.4) is 0 Å². The van der Waals surface area contributed by atoms with E-state index in [-0.39, 0.29) is 0 Å². The van der Waals surface area contributed by atoms with Crippen LogP contribution in [0.15, 0.2) is 0 Å². The first kappa shape index (κ1) is 13.4. The zero-order valence-corrected chi connectivity index (χ0v) is 12.3. The van der Waals surface area contributed by atoms with Gasteiger partial charge in [0, 0.05) is 18.6 Å². The highest BCUT2D eigenvalue weighted by atomic mass is 15.2. The number of likely N-dealkylation sites (tertiary alicyclic amines) is 1. The second-order valence-electron chi connectivity index (χ2n) is 6.94. The molecule has 0 amide bonds. The molecule has 1 saturated heterocycles. The van der Waals surface area contributed by atoms with Gasteiger partial charge >= 0.3 is 0 Å². The van der Waals surface area contributed by atoms with Crippen LogP contribution in [0, 0.1) is 17.3 Å². The average molecular weight is 238 g/mol. The van der Waals surface area contributed by atoms with E-state index in [2.05, 4.69) is 44.8 Å². The minimum absolute atomic E-state index is 0.626. The summed E-state index contributed by atoms with van der Waals surface area (Å²) < 4.78 is 0. The lowest BCUT2D eigenvalue weighted by atomic mass is 9.86. The first-order valence-electron chi connectivity index (χ1n) is 7.43. The van der Waals surface area contributed by atoms with Gasteiger partial charge in [-0.05, 0) is 50.1 Å².